The molecule has 1 heterocycles. The van der Waals surface area contributed by atoms with Gasteiger partial charge in [0.25, 0.3) is 5.69 Å². The van der Waals surface area contributed by atoms with Crippen LogP contribution in [0.15, 0.2) is 30.5 Å². The summed E-state index contributed by atoms with van der Waals surface area (Å²) < 4.78 is 0. The normalized spacial score (nSPS) is 10.2. The Morgan fingerprint density at radius 1 is 1.42 bits per heavy atom. The third kappa shape index (κ3) is 3.38. The zero-order chi connectivity index (χ0) is 13.8. The second kappa shape index (κ2) is 5.62. The number of anilines is 1. The Kier molecular flexibility index (Phi) is 3.91. The van der Waals surface area contributed by atoms with Gasteiger partial charge in [-0.05, 0) is 25.1 Å². The fraction of sp³-hybridized carbons (Fsp3) is 0.167. The first-order valence-corrected chi connectivity index (χ1v) is 5.90. The van der Waals surface area contributed by atoms with E-state index >= 15 is 0 Å². The van der Waals surface area contributed by atoms with Gasteiger partial charge in [0.1, 0.15) is 10.8 Å². The van der Waals surface area contributed by atoms with Gasteiger partial charge in [-0.25, -0.2) is 9.97 Å². The summed E-state index contributed by atoms with van der Waals surface area (Å²) in [6.45, 7) is 2.31. The van der Waals surface area contributed by atoms with Crippen LogP contribution in [-0.4, -0.2) is 14.9 Å². The van der Waals surface area contributed by atoms with Crippen LogP contribution in [0.2, 0.25) is 5.02 Å². The molecule has 7 heteroatoms. The zero-order valence-electron chi connectivity index (χ0n) is 10.1. The van der Waals surface area contributed by atoms with Crippen LogP contribution in [0.4, 0.5) is 11.4 Å². The van der Waals surface area contributed by atoms with E-state index in [4.69, 9.17) is 11.6 Å². The van der Waals surface area contributed by atoms with Gasteiger partial charge in [-0.15, -0.1) is 0 Å². The molecule has 0 saturated carbocycles. The number of aryl methyl sites for hydroxylation is 1. The molecule has 0 radical (unpaired) electrons. The highest BCUT2D eigenvalue weighted by Gasteiger charge is 2.11. The van der Waals surface area contributed by atoms with Gasteiger partial charge in [-0.3, -0.25) is 10.1 Å². The molecule has 6 nitrogen and oxygen atoms in total. The second-order valence-corrected chi connectivity index (χ2v) is 4.28. The molecule has 19 heavy (non-hydrogen) atoms. The first-order chi connectivity index (χ1) is 9.06. The number of hydrogen-bond acceptors (Lipinski definition) is 5. The lowest BCUT2D eigenvalue weighted by Gasteiger charge is -2.06. The molecule has 0 unspecified atom stereocenters. The van der Waals surface area contributed by atoms with Gasteiger partial charge in [0.15, 0.2) is 0 Å². The first kappa shape index (κ1) is 13.2. The number of halogens is 1. The van der Waals surface area contributed by atoms with Crippen LogP contribution in [-0.2, 0) is 6.54 Å². The second-order valence-electron chi connectivity index (χ2n) is 3.87. The summed E-state index contributed by atoms with van der Waals surface area (Å²) in [5.41, 5.74) is 1.43. The van der Waals surface area contributed by atoms with E-state index < -0.39 is 4.92 Å². The lowest BCUT2D eigenvalue weighted by atomic mass is 10.2. The van der Waals surface area contributed by atoms with E-state index in [1.807, 2.05) is 6.92 Å². The summed E-state index contributed by atoms with van der Waals surface area (Å²) in [4.78, 5) is 18.4. The van der Waals surface area contributed by atoms with Crippen LogP contribution in [0.3, 0.4) is 0 Å². The summed E-state index contributed by atoms with van der Waals surface area (Å²) in [5.74, 6) is 0.695. The van der Waals surface area contributed by atoms with Crippen molar-refractivity contribution in [1.82, 2.24) is 9.97 Å². The molecule has 0 aliphatic rings. The van der Waals surface area contributed by atoms with Crippen LogP contribution >= 0.6 is 11.6 Å². The van der Waals surface area contributed by atoms with Gasteiger partial charge in [0.05, 0.1) is 17.2 Å². The molecule has 0 bridgehead atoms. The summed E-state index contributed by atoms with van der Waals surface area (Å²) in [5, 5.41) is 13.8. The number of benzene rings is 1. The molecule has 1 N–H and O–H groups in total. The van der Waals surface area contributed by atoms with Gasteiger partial charge >= 0.3 is 0 Å². The fourth-order valence-corrected chi connectivity index (χ4v) is 1.81. The molecule has 98 valence electrons. The minimum Gasteiger partial charge on any atom is -0.379 e. The Hall–Kier alpha value is -2.21. The van der Waals surface area contributed by atoms with Crippen molar-refractivity contribution in [2.75, 3.05) is 5.32 Å². The number of nitrogens with zero attached hydrogens (tertiary/aromatic N) is 3. The van der Waals surface area contributed by atoms with Gasteiger partial charge in [0.2, 0.25) is 0 Å². The van der Waals surface area contributed by atoms with Crippen molar-refractivity contribution in [1.29, 1.82) is 0 Å². The maximum Gasteiger partial charge on any atom is 0.288 e. The van der Waals surface area contributed by atoms with Crippen molar-refractivity contribution in [2.45, 2.75) is 13.5 Å². The molecule has 0 amide bonds. The largest absolute Gasteiger partial charge is 0.379 e. The van der Waals surface area contributed by atoms with E-state index in [-0.39, 0.29) is 10.7 Å². The van der Waals surface area contributed by atoms with Crippen molar-refractivity contribution in [3.63, 3.8) is 0 Å². The van der Waals surface area contributed by atoms with Gasteiger partial charge in [0, 0.05) is 18.0 Å². The Balaban J connectivity index is 2.08. The average molecular weight is 279 g/mol. The Morgan fingerprint density at radius 3 is 2.84 bits per heavy atom. The van der Waals surface area contributed by atoms with Crippen LogP contribution in [0.25, 0.3) is 0 Å². The quantitative estimate of drug-likeness (QED) is 0.687. The molecule has 0 spiro atoms. The molecule has 2 rings (SSSR count). The van der Waals surface area contributed by atoms with E-state index in [0.29, 0.717) is 18.1 Å². The van der Waals surface area contributed by atoms with E-state index in [1.165, 1.54) is 12.1 Å². The predicted molar refractivity (Wildman–Crippen MR) is 72.2 cm³/mol. The third-order valence-corrected chi connectivity index (χ3v) is 2.75. The van der Waals surface area contributed by atoms with Crippen molar-refractivity contribution >= 4 is 23.0 Å². The smallest absolute Gasteiger partial charge is 0.288 e. The third-order valence-electron chi connectivity index (χ3n) is 2.45. The van der Waals surface area contributed by atoms with Crippen molar-refractivity contribution < 1.29 is 4.92 Å². The van der Waals surface area contributed by atoms with E-state index in [2.05, 4.69) is 15.3 Å². The van der Waals surface area contributed by atoms with Crippen molar-refractivity contribution in [3.8, 4) is 0 Å². The maximum absolute atomic E-state index is 10.6. The maximum atomic E-state index is 10.6. The van der Waals surface area contributed by atoms with E-state index in [1.54, 1.807) is 18.3 Å². The Labute approximate surface area is 114 Å². The molecule has 2 aromatic rings. The highest BCUT2D eigenvalue weighted by Crippen LogP contribution is 2.27. The average Bonchev–Trinajstić information content (AvgIpc) is 2.36. The van der Waals surface area contributed by atoms with Crippen LogP contribution in [0.5, 0.6) is 0 Å². The predicted octanol–water partition coefficient (Wildman–Crippen LogP) is 2.96. The standard InChI is InChI=1S/C12H11ClN4O2/c1-8-14-5-4-10(16-8)7-15-9-2-3-12(17(18)19)11(13)6-9/h2-6,15H,7H2,1H3. The first-order valence-electron chi connectivity index (χ1n) is 5.52. The lowest BCUT2D eigenvalue weighted by molar-refractivity contribution is -0.384. The Morgan fingerprint density at radius 2 is 2.21 bits per heavy atom. The number of aromatic nitrogens is 2. The van der Waals surface area contributed by atoms with Crippen molar-refractivity contribution in [3.05, 3.63) is 57.1 Å². The minimum atomic E-state index is -0.514. The summed E-state index contributed by atoms with van der Waals surface area (Å²) in [7, 11) is 0. The molecular formula is C12H11ClN4O2. The SMILES string of the molecule is Cc1nccc(CNc2ccc([N+](=O)[O-])c(Cl)c2)n1. The number of hydrogen-bond donors (Lipinski definition) is 1. The number of rotatable bonds is 4. The summed E-state index contributed by atoms with van der Waals surface area (Å²) >= 11 is 5.82. The number of nitro groups is 1. The Bertz CT molecular complexity index is 618. The molecule has 0 aliphatic heterocycles. The van der Waals surface area contributed by atoms with Crippen LogP contribution < -0.4 is 5.32 Å². The minimum absolute atomic E-state index is 0.105. The van der Waals surface area contributed by atoms with E-state index in [9.17, 15) is 10.1 Å². The highest BCUT2D eigenvalue weighted by atomic mass is 35.5. The van der Waals surface area contributed by atoms with Gasteiger partial charge in [-0.2, -0.15) is 0 Å². The topological polar surface area (TPSA) is 81.0 Å². The molecule has 1 aromatic heterocycles. The summed E-state index contributed by atoms with van der Waals surface area (Å²) in [6.07, 6.45) is 1.68. The highest BCUT2D eigenvalue weighted by molar-refractivity contribution is 6.32. The molecule has 0 saturated heterocycles. The molecular weight excluding hydrogens is 268 g/mol. The molecule has 0 atom stereocenters. The van der Waals surface area contributed by atoms with Gasteiger partial charge < -0.3 is 5.32 Å². The monoisotopic (exact) mass is 278 g/mol. The van der Waals surface area contributed by atoms with E-state index in [0.717, 1.165) is 5.69 Å². The zero-order valence-corrected chi connectivity index (χ0v) is 10.9. The van der Waals surface area contributed by atoms with Crippen LogP contribution in [0, 0.1) is 17.0 Å². The lowest BCUT2D eigenvalue weighted by Crippen LogP contribution is -2.03. The van der Waals surface area contributed by atoms with Crippen molar-refractivity contribution in [2.24, 2.45) is 0 Å². The summed E-state index contributed by atoms with van der Waals surface area (Å²) in [6, 6.07) is 6.30. The van der Waals surface area contributed by atoms with Gasteiger partial charge in [-0.1, -0.05) is 11.6 Å². The fourth-order valence-electron chi connectivity index (χ4n) is 1.56. The van der Waals surface area contributed by atoms with Crippen LogP contribution in [0.1, 0.15) is 11.5 Å². The molecule has 1 aromatic carbocycles. The molecule has 0 aliphatic carbocycles. The number of nitrogens with one attached hydrogen (secondary N) is 1. The number of nitro benzene ring substituents is 1. The molecule has 0 fully saturated rings.